The summed E-state index contributed by atoms with van der Waals surface area (Å²) in [5.41, 5.74) is -0.316. The number of aromatic nitrogens is 3. The van der Waals surface area contributed by atoms with E-state index in [1.165, 1.54) is 6.33 Å². The quantitative estimate of drug-likeness (QED) is 0.833. The van der Waals surface area contributed by atoms with E-state index >= 15 is 0 Å². The second-order valence-corrected chi connectivity index (χ2v) is 5.77. The molecular formula is C14H13Cl2F3N4O. The van der Waals surface area contributed by atoms with E-state index in [0.717, 1.165) is 6.07 Å². The third-order valence-corrected chi connectivity index (χ3v) is 3.67. The molecule has 0 saturated carbocycles. The monoisotopic (exact) mass is 380 g/mol. The van der Waals surface area contributed by atoms with Crippen LogP contribution in [-0.4, -0.2) is 27.6 Å². The molecule has 0 spiro atoms. The fourth-order valence-electron chi connectivity index (χ4n) is 1.72. The van der Waals surface area contributed by atoms with Gasteiger partial charge in [-0.2, -0.15) is 13.2 Å². The van der Waals surface area contributed by atoms with Gasteiger partial charge in [0.15, 0.2) is 0 Å². The van der Waals surface area contributed by atoms with Crippen molar-refractivity contribution >= 4 is 29.0 Å². The topological polar surface area (TPSA) is 59.9 Å². The minimum atomic E-state index is -4.51. The van der Waals surface area contributed by atoms with Gasteiger partial charge < -0.3 is 10.1 Å². The highest BCUT2D eigenvalue weighted by atomic mass is 35.5. The second kappa shape index (κ2) is 7.40. The highest BCUT2D eigenvalue weighted by Gasteiger charge is 2.31. The molecule has 0 aliphatic carbocycles. The van der Waals surface area contributed by atoms with E-state index in [-0.39, 0.29) is 23.6 Å². The molecular weight excluding hydrogens is 368 g/mol. The number of rotatable bonds is 5. The number of pyridine rings is 1. The predicted octanol–water partition coefficient (Wildman–Crippen LogP) is 4.39. The highest BCUT2D eigenvalue weighted by Crippen LogP contribution is 2.33. The van der Waals surface area contributed by atoms with Gasteiger partial charge in [-0.25, -0.2) is 15.0 Å². The van der Waals surface area contributed by atoms with Crippen molar-refractivity contribution < 1.29 is 17.9 Å². The predicted molar refractivity (Wildman–Crippen MR) is 84.6 cm³/mol. The third-order valence-electron chi connectivity index (χ3n) is 2.95. The summed E-state index contributed by atoms with van der Waals surface area (Å²) >= 11 is 11.8. The summed E-state index contributed by atoms with van der Waals surface area (Å²) < 4.78 is 43.0. The maximum Gasteiger partial charge on any atom is 0.417 e. The fourth-order valence-corrected chi connectivity index (χ4v) is 2.10. The summed E-state index contributed by atoms with van der Waals surface area (Å²) in [6.45, 7) is 3.62. The van der Waals surface area contributed by atoms with Crippen molar-refractivity contribution in [2.24, 2.45) is 0 Å². The van der Waals surface area contributed by atoms with Crippen LogP contribution in [0.2, 0.25) is 10.0 Å². The fraction of sp³-hybridized carbons (Fsp3) is 0.357. The van der Waals surface area contributed by atoms with Gasteiger partial charge in [0.25, 0.3) is 0 Å². The average Bonchev–Trinajstić information content (AvgIpc) is 2.49. The van der Waals surface area contributed by atoms with Gasteiger partial charge in [0.1, 0.15) is 28.8 Å². The zero-order valence-electron chi connectivity index (χ0n) is 12.7. The molecule has 1 N–H and O–H groups in total. The largest absolute Gasteiger partial charge is 0.474 e. The van der Waals surface area contributed by atoms with E-state index in [4.69, 9.17) is 27.9 Å². The number of aryl methyl sites for hydroxylation is 1. The van der Waals surface area contributed by atoms with Gasteiger partial charge in [-0.05, 0) is 19.9 Å². The molecule has 2 rings (SSSR count). The van der Waals surface area contributed by atoms with Crippen molar-refractivity contribution in [2.45, 2.75) is 26.1 Å². The number of ether oxygens (including phenoxy) is 1. The van der Waals surface area contributed by atoms with Gasteiger partial charge in [-0.3, -0.25) is 0 Å². The SMILES string of the molecule is Cc1ncnc(NC(C)COc2ncc(C(F)(F)F)cc2Cl)c1Cl. The molecule has 24 heavy (non-hydrogen) atoms. The average molecular weight is 381 g/mol. The zero-order chi connectivity index (χ0) is 17.9. The molecule has 0 saturated heterocycles. The van der Waals surface area contributed by atoms with Crippen molar-refractivity contribution in [1.29, 1.82) is 0 Å². The summed E-state index contributed by atoms with van der Waals surface area (Å²) in [4.78, 5) is 11.6. The number of alkyl halides is 3. The number of hydrogen-bond acceptors (Lipinski definition) is 5. The number of hydrogen-bond donors (Lipinski definition) is 1. The van der Waals surface area contributed by atoms with Gasteiger partial charge in [0, 0.05) is 6.20 Å². The van der Waals surface area contributed by atoms with Crippen LogP contribution >= 0.6 is 23.2 Å². The van der Waals surface area contributed by atoms with Crippen LogP contribution in [0, 0.1) is 6.92 Å². The molecule has 0 aliphatic heterocycles. The summed E-state index contributed by atoms with van der Waals surface area (Å²) in [5.74, 6) is 0.357. The molecule has 10 heteroatoms. The molecule has 2 heterocycles. The van der Waals surface area contributed by atoms with Gasteiger partial charge in [-0.15, -0.1) is 0 Å². The van der Waals surface area contributed by atoms with Crippen molar-refractivity contribution in [3.63, 3.8) is 0 Å². The first-order valence-electron chi connectivity index (χ1n) is 6.77. The van der Waals surface area contributed by atoms with Crippen molar-refractivity contribution in [2.75, 3.05) is 11.9 Å². The van der Waals surface area contributed by atoms with E-state index in [9.17, 15) is 13.2 Å². The molecule has 0 fully saturated rings. The maximum atomic E-state index is 12.6. The Bertz CT molecular complexity index is 728. The molecule has 1 unspecified atom stereocenters. The molecule has 2 aromatic heterocycles. The van der Waals surface area contributed by atoms with Crippen molar-refractivity contribution in [3.8, 4) is 5.88 Å². The smallest absolute Gasteiger partial charge is 0.417 e. The van der Waals surface area contributed by atoms with Gasteiger partial charge in [0.05, 0.1) is 17.3 Å². The normalized spacial score (nSPS) is 12.8. The van der Waals surface area contributed by atoms with Crippen molar-refractivity contribution in [1.82, 2.24) is 15.0 Å². The first kappa shape index (κ1) is 18.5. The lowest BCUT2D eigenvalue weighted by Crippen LogP contribution is -2.24. The number of halogens is 5. The van der Waals surface area contributed by atoms with E-state index in [0.29, 0.717) is 22.7 Å². The van der Waals surface area contributed by atoms with Gasteiger partial charge in [0.2, 0.25) is 5.88 Å². The van der Waals surface area contributed by atoms with E-state index in [2.05, 4.69) is 20.3 Å². The summed E-state index contributed by atoms with van der Waals surface area (Å²) in [6.07, 6.45) is -2.47. The molecule has 2 aromatic rings. The second-order valence-electron chi connectivity index (χ2n) is 4.99. The Morgan fingerprint density at radius 1 is 1.25 bits per heavy atom. The summed E-state index contributed by atoms with van der Waals surface area (Å²) in [6, 6.07) is 0.518. The Kier molecular flexibility index (Phi) is 5.71. The lowest BCUT2D eigenvalue weighted by Gasteiger charge is -2.17. The van der Waals surface area contributed by atoms with E-state index in [1.54, 1.807) is 13.8 Å². The van der Waals surface area contributed by atoms with Crippen LogP contribution in [0.5, 0.6) is 5.88 Å². The Morgan fingerprint density at radius 2 is 1.96 bits per heavy atom. The molecule has 0 aliphatic rings. The Balaban J connectivity index is 1.99. The van der Waals surface area contributed by atoms with Crippen LogP contribution in [0.25, 0.3) is 0 Å². The lowest BCUT2D eigenvalue weighted by molar-refractivity contribution is -0.137. The van der Waals surface area contributed by atoms with E-state index < -0.39 is 11.7 Å². The Labute approximate surface area is 146 Å². The molecule has 130 valence electrons. The van der Waals surface area contributed by atoms with Crippen LogP contribution in [0.1, 0.15) is 18.2 Å². The van der Waals surface area contributed by atoms with Crippen LogP contribution < -0.4 is 10.1 Å². The van der Waals surface area contributed by atoms with Crippen LogP contribution in [-0.2, 0) is 6.18 Å². The molecule has 1 atom stereocenters. The number of nitrogens with one attached hydrogen (secondary N) is 1. The molecule has 5 nitrogen and oxygen atoms in total. The van der Waals surface area contributed by atoms with Crippen molar-refractivity contribution in [3.05, 3.63) is 39.9 Å². The lowest BCUT2D eigenvalue weighted by atomic mass is 10.3. The molecule has 0 radical (unpaired) electrons. The van der Waals surface area contributed by atoms with E-state index in [1.807, 2.05) is 0 Å². The molecule has 0 bridgehead atoms. The third kappa shape index (κ3) is 4.61. The first-order chi connectivity index (χ1) is 11.2. The zero-order valence-corrected chi connectivity index (χ0v) is 14.2. The van der Waals surface area contributed by atoms with Crippen LogP contribution in [0.4, 0.5) is 19.0 Å². The maximum absolute atomic E-state index is 12.6. The standard InChI is InChI=1S/C14H13Cl2F3N4O/c1-7(23-12-11(16)8(2)21-6-22-12)5-24-13-10(15)3-9(4-20-13)14(17,18)19/h3-4,6-7H,5H2,1-2H3,(H,21,22,23). The molecule has 0 amide bonds. The summed E-state index contributed by atoms with van der Waals surface area (Å²) in [7, 11) is 0. The minimum Gasteiger partial charge on any atom is -0.474 e. The number of nitrogens with zero attached hydrogens (tertiary/aromatic N) is 3. The van der Waals surface area contributed by atoms with Gasteiger partial charge >= 0.3 is 6.18 Å². The highest BCUT2D eigenvalue weighted by molar-refractivity contribution is 6.33. The Morgan fingerprint density at radius 3 is 2.58 bits per heavy atom. The molecule has 0 aromatic carbocycles. The Hall–Kier alpha value is -1.80. The number of anilines is 1. The first-order valence-corrected chi connectivity index (χ1v) is 7.53. The summed E-state index contributed by atoms with van der Waals surface area (Å²) in [5, 5.41) is 3.19. The van der Waals surface area contributed by atoms with Crippen LogP contribution in [0.3, 0.4) is 0 Å². The van der Waals surface area contributed by atoms with Gasteiger partial charge in [-0.1, -0.05) is 23.2 Å². The minimum absolute atomic E-state index is 0.0803. The van der Waals surface area contributed by atoms with Crippen LogP contribution in [0.15, 0.2) is 18.6 Å².